The molecule has 1 aliphatic rings. The van der Waals surface area contributed by atoms with E-state index >= 15 is 0 Å². The van der Waals surface area contributed by atoms with E-state index in [2.05, 4.69) is 26.2 Å². The van der Waals surface area contributed by atoms with E-state index in [0.717, 1.165) is 32.7 Å². The van der Waals surface area contributed by atoms with Gasteiger partial charge in [-0.2, -0.15) is 0 Å². The summed E-state index contributed by atoms with van der Waals surface area (Å²) < 4.78 is 0. The molecule has 4 N–H and O–H groups in total. The van der Waals surface area contributed by atoms with Crippen molar-refractivity contribution in [3.05, 3.63) is 24.3 Å². The fourth-order valence-electron chi connectivity index (χ4n) is 2.32. The van der Waals surface area contributed by atoms with Crippen molar-refractivity contribution in [3.63, 3.8) is 0 Å². The maximum Gasteiger partial charge on any atom is 0.319 e. The monoisotopic (exact) mass is 305 g/mol. The first kappa shape index (κ1) is 16.3. The Morgan fingerprint density at radius 1 is 1.18 bits per heavy atom. The van der Waals surface area contributed by atoms with Gasteiger partial charge in [-0.25, -0.2) is 4.79 Å². The zero-order valence-electron chi connectivity index (χ0n) is 12.8. The van der Waals surface area contributed by atoms with Gasteiger partial charge in [-0.3, -0.25) is 9.69 Å². The summed E-state index contributed by atoms with van der Waals surface area (Å²) in [4.78, 5) is 25.2. The van der Waals surface area contributed by atoms with Crippen LogP contribution in [-0.2, 0) is 4.79 Å². The number of carbonyl (C=O) groups excluding carboxylic acids is 2. The normalized spacial score (nSPS) is 15.1. The van der Waals surface area contributed by atoms with E-state index in [9.17, 15) is 9.59 Å². The molecule has 1 aliphatic heterocycles. The molecular weight excluding hydrogens is 282 g/mol. The van der Waals surface area contributed by atoms with E-state index in [1.165, 1.54) is 6.92 Å². The number of urea groups is 1. The van der Waals surface area contributed by atoms with Gasteiger partial charge in [-0.1, -0.05) is 6.07 Å². The van der Waals surface area contributed by atoms with Gasteiger partial charge in [-0.15, -0.1) is 0 Å². The van der Waals surface area contributed by atoms with Gasteiger partial charge in [0, 0.05) is 57.6 Å². The summed E-state index contributed by atoms with van der Waals surface area (Å²) >= 11 is 0. The van der Waals surface area contributed by atoms with Crippen LogP contribution in [0.5, 0.6) is 0 Å². The number of benzene rings is 1. The first-order valence-electron chi connectivity index (χ1n) is 7.49. The van der Waals surface area contributed by atoms with Crippen molar-refractivity contribution in [1.82, 2.24) is 15.5 Å². The molecule has 120 valence electrons. The molecule has 7 nitrogen and oxygen atoms in total. The zero-order chi connectivity index (χ0) is 15.8. The average molecular weight is 305 g/mol. The van der Waals surface area contributed by atoms with Crippen LogP contribution in [0.2, 0.25) is 0 Å². The molecular formula is C15H23N5O2. The first-order chi connectivity index (χ1) is 10.6. The van der Waals surface area contributed by atoms with Crippen LogP contribution in [0.4, 0.5) is 16.2 Å². The lowest BCUT2D eigenvalue weighted by molar-refractivity contribution is -0.114. The highest BCUT2D eigenvalue weighted by Crippen LogP contribution is 2.14. The van der Waals surface area contributed by atoms with E-state index in [1.54, 1.807) is 24.3 Å². The van der Waals surface area contributed by atoms with E-state index in [-0.39, 0.29) is 11.9 Å². The third-order valence-corrected chi connectivity index (χ3v) is 3.36. The maximum absolute atomic E-state index is 11.8. The standard InChI is InChI=1S/C15H23N5O2/c1-12(21)18-13-3-2-4-14(11-13)19-15(22)17-7-10-20-8-5-16-6-9-20/h2-4,11,16H,5-10H2,1H3,(H,18,21)(H2,17,19,22). The second-order valence-electron chi connectivity index (χ2n) is 5.23. The Morgan fingerprint density at radius 2 is 1.86 bits per heavy atom. The van der Waals surface area contributed by atoms with Gasteiger partial charge in [0.05, 0.1) is 0 Å². The molecule has 0 unspecified atom stereocenters. The summed E-state index contributed by atoms with van der Waals surface area (Å²) in [5.74, 6) is -0.141. The number of hydrogen-bond donors (Lipinski definition) is 4. The summed E-state index contributed by atoms with van der Waals surface area (Å²) in [6.07, 6.45) is 0. The molecule has 1 aromatic rings. The number of amides is 3. The van der Waals surface area contributed by atoms with E-state index < -0.39 is 0 Å². The molecule has 0 atom stereocenters. The van der Waals surface area contributed by atoms with Crippen LogP contribution in [0.1, 0.15) is 6.92 Å². The Balaban J connectivity index is 1.73. The lowest BCUT2D eigenvalue weighted by Crippen LogP contribution is -2.46. The summed E-state index contributed by atoms with van der Waals surface area (Å²) in [6, 6.07) is 6.81. The van der Waals surface area contributed by atoms with Crippen molar-refractivity contribution in [3.8, 4) is 0 Å². The number of rotatable bonds is 5. The summed E-state index contributed by atoms with van der Waals surface area (Å²) in [7, 11) is 0. The van der Waals surface area contributed by atoms with Crippen molar-refractivity contribution in [2.75, 3.05) is 49.9 Å². The number of hydrogen-bond acceptors (Lipinski definition) is 4. The largest absolute Gasteiger partial charge is 0.337 e. The molecule has 1 aromatic carbocycles. The number of carbonyl (C=O) groups is 2. The quantitative estimate of drug-likeness (QED) is 0.644. The fraction of sp³-hybridized carbons (Fsp3) is 0.467. The van der Waals surface area contributed by atoms with Crippen molar-refractivity contribution < 1.29 is 9.59 Å². The third kappa shape index (κ3) is 5.71. The van der Waals surface area contributed by atoms with Crippen molar-refractivity contribution in [1.29, 1.82) is 0 Å². The van der Waals surface area contributed by atoms with E-state index in [1.807, 2.05) is 0 Å². The minimum Gasteiger partial charge on any atom is -0.337 e. The van der Waals surface area contributed by atoms with Gasteiger partial charge < -0.3 is 21.3 Å². The second kappa shape index (κ2) is 8.35. The molecule has 1 heterocycles. The van der Waals surface area contributed by atoms with Gasteiger partial charge >= 0.3 is 6.03 Å². The smallest absolute Gasteiger partial charge is 0.319 e. The average Bonchev–Trinajstić information content (AvgIpc) is 2.48. The summed E-state index contributed by atoms with van der Waals surface area (Å²) in [6.45, 7) is 6.94. The Labute approximate surface area is 130 Å². The highest BCUT2D eigenvalue weighted by atomic mass is 16.2. The van der Waals surface area contributed by atoms with Gasteiger partial charge in [0.2, 0.25) is 5.91 Å². The van der Waals surface area contributed by atoms with Crippen molar-refractivity contribution in [2.45, 2.75) is 6.92 Å². The van der Waals surface area contributed by atoms with Crippen LogP contribution in [-0.4, -0.2) is 56.1 Å². The van der Waals surface area contributed by atoms with Crippen LogP contribution in [0, 0.1) is 0 Å². The van der Waals surface area contributed by atoms with Gasteiger partial charge in [-0.05, 0) is 18.2 Å². The number of anilines is 2. The number of nitrogens with one attached hydrogen (secondary N) is 4. The predicted molar refractivity (Wildman–Crippen MR) is 87.1 cm³/mol. The van der Waals surface area contributed by atoms with E-state index in [0.29, 0.717) is 17.9 Å². The van der Waals surface area contributed by atoms with E-state index in [4.69, 9.17) is 0 Å². The predicted octanol–water partition coefficient (Wildman–Crippen LogP) is 0.672. The molecule has 0 aliphatic carbocycles. The van der Waals surface area contributed by atoms with Crippen LogP contribution in [0.3, 0.4) is 0 Å². The molecule has 1 fully saturated rings. The van der Waals surface area contributed by atoms with Crippen molar-refractivity contribution in [2.24, 2.45) is 0 Å². The highest BCUT2D eigenvalue weighted by Gasteiger charge is 2.09. The molecule has 0 bridgehead atoms. The Bertz CT molecular complexity index is 514. The van der Waals surface area contributed by atoms with Crippen LogP contribution in [0.25, 0.3) is 0 Å². The molecule has 0 saturated carbocycles. The fourth-order valence-corrected chi connectivity index (χ4v) is 2.32. The number of piperazine rings is 1. The second-order valence-corrected chi connectivity index (χ2v) is 5.23. The van der Waals surface area contributed by atoms with Crippen molar-refractivity contribution >= 4 is 23.3 Å². The molecule has 2 rings (SSSR count). The minimum atomic E-state index is -0.241. The summed E-state index contributed by atoms with van der Waals surface area (Å²) in [5.41, 5.74) is 1.30. The first-order valence-corrected chi connectivity index (χ1v) is 7.49. The minimum absolute atomic E-state index is 0.141. The van der Waals surface area contributed by atoms with Gasteiger partial charge in [0.1, 0.15) is 0 Å². The Kier molecular flexibility index (Phi) is 6.17. The molecule has 0 radical (unpaired) electrons. The Hall–Kier alpha value is -2.12. The molecule has 7 heteroatoms. The van der Waals surface area contributed by atoms with Crippen LogP contribution >= 0.6 is 0 Å². The molecule has 0 aromatic heterocycles. The zero-order valence-corrected chi connectivity index (χ0v) is 12.8. The maximum atomic E-state index is 11.8. The van der Waals surface area contributed by atoms with Crippen LogP contribution < -0.4 is 21.3 Å². The molecule has 3 amide bonds. The molecule has 0 spiro atoms. The lowest BCUT2D eigenvalue weighted by Gasteiger charge is -2.27. The summed E-state index contributed by atoms with van der Waals surface area (Å²) in [5, 5.41) is 11.6. The Morgan fingerprint density at radius 3 is 2.55 bits per heavy atom. The number of nitrogens with zero attached hydrogens (tertiary/aromatic N) is 1. The third-order valence-electron chi connectivity index (χ3n) is 3.36. The lowest BCUT2D eigenvalue weighted by atomic mass is 10.3. The topological polar surface area (TPSA) is 85.5 Å². The van der Waals surface area contributed by atoms with Gasteiger partial charge in [0.25, 0.3) is 0 Å². The highest BCUT2D eigenvalue weighted by molar-refractivity contribution is 5.92. The van der Waals surface area contributed by atoms with Crippen LogP contribution in [0.15, 0.2) is 24.3 Å². The molecule has 1 saturated heterocycles. The van der Waals surface area contributed by atoms with Gasteiger partial charge in [0.15, 0.2) is 0 Å². The molecule has 22 heavy (non-hydrogen) atoms. The SMILES string of the molecule is CC(=O)Nc1cccc(NC(=O)NCCN2CCNCC2)c1.